The Balaban J connectivity index is 2.07. The van der Waals surface area contributed by atoms with E-state index in [1.165, 1.54) is 17.5 Å². The Bertz CT molecular complexity index is 381. The summed E-state index contributed by atoms with van der Waals surface area (Å²) in [6, 6.07) is 8.47. The van der Waals surface area contributed by atoms with E-state index in [0.29, 0.717) is 11.7 Å². The number of fused-ring (bicyclic) bond motifs is 3. The van der Waals surface area contributed by atoms with Crippen molar-refractivity contribution in [3.05, 3.63) is 35.4 Å². The Kier molecular flexibility index (Phi) is 1.73. The van der Waals surface area contributed by atoms with Crippen LogP contribution in [-0.2, 0) is 11.2 Å². The number of carbonyl (C=O) groups is 1. The van der Waals surface area contributed by atoms with Crippen molar-refractivity contribution < 1.29 is 4.79 Å². The van der Waals surface area contributed by atoms with Crippen LogP contribution in [0.5, 0.6) is 0 Å². The lowest BCUT2D eigenvalue weighted by molar-refractivity contribution is -0.123. The van der Waals surface area contributed by atoms with E-state index in [0.717, 1.165) is 19.3 Å². The molecule has 2 aliphatic carbocycles. The fourth-order valence-corrected chi connectivity index (χ4v) is 3.08. The van der Waals surface area contributed by atoms with Crippen LogP contribution in [0.3, 0.4) is 0 Å². The van der Waals surface area contributed by atoms with Gasteiger partial charge in [-0.25, -0.2) is 0 Å². The summed E-state index contributed by atoms with van der Waals surface area (Å²) < 4.78 is 0. The molecule has 2 aliphatic rings. The second kappa shape index (κ2) is 2.94. The smallest absolute Gasteiger partial charge is 0.140 e. The lowest BCUT2D eigenvalue weighted by atomic mass is 9.79. The van der Waals surface area contributed by atoms with E-state index in [1.807, 2.05) is 0 Å². The van der Waals surface area contributed by atoms with Crippen molar-refractivity contribution in [3.63, 3.8) is 0 Å². The largest absolute Gasteiger partial charge is 0.299 e. The van der Waals surface area contributed by atoms with E-state index in [2.05, 4.69) is 24.3 Å². The number of carbonyl (C=O) groups excluding carboxylic acids is 1. The first-order chi connectivity index (χ1) is 6.86. The van der Waals surface area contributed by atoms with Crippen LogP contribution in [0.15, 0.2) is 24.3 Å². The van der Waals surface area contributed by atoms with Crippen molar-refractivity contribution in [1.82, 2.24) is 0 Å². The van der Waals surface area contributed by atoms with Crippen LogP contribution in [0, 0.1) is 5.92 Å². The SMILES string of the molecule is O=C1CCC[C@H]2Cc3ccccc3[C@@H]12. The average Bonchev–Trinajstić information content (AvgIpc) is 2.57. The van der Waals surface area contributed by atoms with Crippen LogP contribution in [0.1, 0.15) is 36.3 Å². The van der Waals surface area contributed by atoms with Crippen molar-refractivity contribution in [2.24, 2.45) is 5.92 Å². The maximum absolute atomic E-state index is 11.8. The van der Waals surface area contributed by atoms with Crippen LogP contribution in [0.4, 0.5) is 0 Å². The average molecular weight is 186 g/mol. The first-order valence-corrected chi connectivity index (χ1v) is 5.47. The number of rotatable bonds is 0. The van der Waals surface area contributed by atoms with Crippen molar-refractivity contribution in [1.29, 1.82) is 0 Å². The van der Waals surface area contributed by atoms with Gasteiger partial charge in [0.05, 0.1) is 0 Å². The van der Waals surface area contributed by atoms with Gasteiger partial charge in [0, 0.05) is 12.3 Å². The molecule has 0 unspecified atom stereocenters. The predicted molar refractivity (Wildman–Crippen MR) is 55.2 cm³/mol. The summed E-state index contributed by atoms with van der Waals surface area (Å²) in [5.74, 6) is 1.35. The minimum absolute atomic E-state index is 0.250. The number of ketones is 1. The second-order valence-corrected chi connectivity index (χ2v) is 4.50. The lowest BCUT2D eigenvalue weighted by Crippen LogP contribution is -2.22. The fourth-order valence-electron chi connectivity index (χ4n) is 3.08. The molecule has 0 aromatic heterocycles. The quantitative estimate of drug-likeness (QED) is 0.609. The van der Waals surface area contributed by atoms with Crippen molar-refractivity contribution in [2.45, 2.75) is 31.6 Å². The normalized spacial score (nSPS) is 29.9. The van der Waals surface area contributed by atoms with Gasteiger partial charge in [-0.1, -0.05) is 24.3 Å². The Hall–Kier alpha value is -1.11. The van der Waals surface area contributed by atoms with Gasteiger partial charge < -0.3 is 0 Å². The van der Waals surface area contributed by atoms with Crippen LogP contribution in [0.2, 0.25) is 0 Å². The molecule has 0 spiro atoms. The molecule has 0 radical (unpaired) electrons. The molecule has 14 heavy (non-hydrogen) atoms. The Morgan fingerprint density at radius 3 is 3.00 bits per heavy atom. The second-order valence-electron chi connectivity index (χ2n) is 4.50. The molecule has 0 bridgehead atoms. The summed E-state index contributed by atoms with van der Waals surface area (Å²) in [6.07, 6.45) is 4.28. The van der Waals surface area contributed by atoms with E-state index in [9.17, 15) is 4.79 Å². The van der Waals surface area contributed by atoms with Gasteiger partial charge in [-0.05, 0) is 36.3 Å². The highest BCUT2D eigenvalue weighted by Gasteiger charge is 2.38. The van der Waals surface area contributed by atoms with Gasteiger partial charge in [0.2, 0.25) is 0 Å². The summed E-state index contributed by atoms with van der Waals surface area (Å²) in [5.41, 5.74) is 2.74. The zero-order valence-electron chi connectivity index (χ0n) is 8.20. The molecular formula is C13H14O. The monoisotopic (exact) mass is 186 g/mol. The van der Waals surface area contributed by atoms with Crippen molar-refractivity contribution in [2.75, 3.05) is 0 Å². The third-order valence-electron chi connectivity index (χ3n) is 3.69. The molecule has 1 aromatic rings. The third kappa shape index (κ3) is 1.05. The highest BCUT2D eigenvalue weighted by Crippen LogP contribution is 2.44. The summed E-state index contributed by atoms with van der Waals surface area (Å²) in [7, 11) is 0. The van der Waals surface area contributed by atoms with Gasteiger partial charge in [-0.2, -0.15) is 0 Å². The molecule has 1 saturated carbocycles. The maximum atomic E-state index is 11.8. The van der Waals surface area contributed by atoms with Gasteiger partial charge >= 0.3 is 0 Å². The molecule has 72 valence electrons. The Morgan fingerprint density at radius 2 is 2.07 bits per heavy atom. The predicted octanol–water partition coefficient (Wildman–Crippen LogP) is 2.70. The molecule has 0 heterocycles. The molecule has 2 atom stereocenters. The van der Waals surface area contributed by atoms with Crippen molar-refractivity contribution >= 4 is 5.78 Å². The summed E-state index contributed by atoms with van der Waals surface area (Å²) in [6.45, 7) is 0. The molecular weight excluding hydrogens is 172 g/mol. The Labute approximate surface area is 84.1 Å². The molecule has 1 aromatic carbocycles. The van der Waals surface area contributed by atoms with Gasteiger partial charge in [0.25, 0.3) is 0 Å². The molecule has 1 heteroatoms. The summed E-state index contributed by atoms with van der Waals surface area (Å²) >= 11 is 0. The molecule has 0 amide bonds. The minimum Gasteiger partial charge on any atom is -0.299 e. The molecule has 0 N–H and O–H groups in total. The minimum atomic E-state index is 0.250. The van der Waals surface area contributed by atoms with Crippen LogP contribution >= 0.6 is 0 Å². The number of hydrogen-bond acceptors (Lipinski definition) is 1. The lowest BCUT2D eigenvalue weighted by Gasteiger charge is -2.24. The van der Waals surface area contributed by atoms with E-state index >= 15 is 0 Å². The van der Waals surface area contributed by atoms with Gasteiger partial charge in [-0.15, -0.1) is 0 Å². The zero-order valence-corrected chi connectivity index (χ0v) is 8.20. The maximum Gasteiger partial charge on any atom is 0.140 e. The van der Waals surface area contributed by atoms with Gasteiger partial charge in [0.15, 0.2) is 0 Å². The van der Waals surface area contributed by atoms with E-state index in [4.69, 9.17) is 0 Å². The number of hydrogen-bond donors (Lipinski definition) is 0. The first-order valence-electron chi connectivity index (χ1n) is 5.47. The van der Waals surface area contributed by atoms with E-state index in [-0.39, 0.29) is 5.92 Å². The van der Waals surface area contributed by atoms with Crippen LogP contribution < -0.4 is 0 Å². The highest BCUT2D eigenvalue weighted by atomic mass is 16.1. The standard InChI is InChI=1S/C13H14O/c14-12-7-3-5-10-8-9-4-1-2-6-11(9)13(10)12/h1-2,4,6,10,13H,3,5,7-8H2/t10-,13-/m0/s1. The van der Waals surface area contributed by atoms with Gasteiger partial charge in [-0.3, -0.25) is 4.79 Å². The molecule has 0 saturated heterocycles. The number of benzene rings is 1. The topological polar surface area (TPSA) is 17.1 Å². The van der Waals surface area contributed by atoms with Gasteiger partial charge in [0.1, 0.15) is 5.78 Å². The van der Waals surface area contributed by atoms with E-state index < -0.39 is 0 Å². The first kappa shape index (κ1) is 8.22. The molecule has 0 aliphatic heterocycles. The molecule has 1 nitrogen and oxygen atoms in total. The highest BCUT2D eigenvalue weighted by molar-refractivity contribution is 5.88. The Morgan fingerprint density at radius 1 is 1.21 bits per heavy atom. The number of Topliss-reactive ketones (excluding diaryl/α,β-unsaturated/α-hetero) is 1. The summed E-state index contributed by atoms with van der Waals surface area (Å²) in [5, 5.41) is 0. The van der Waals surface area contributed by atoms with E-state index in [1.54, 1.807) is 0 Å². The fraction of sp³-hybridized carbons (Fsp3) is 0.462. The molecule has 3 rings (SSSR count). The summed E-state index contributed by atoms with van der Waals surface area (Å²) in [4.78, 5) is 11.8. The van der Waals surface area contributed by atoms with Crippen molar-refractivity contribution in [3.8, 4) is 0 Å². The zero-order chi connectivity index (χ0) is 9.54. The molecule has 1 fully saturated rings. The van der Waals surface area contributed by atoms with Crippen LogP contribution in [0.25, 0.3) is 0 Å². The van der Waals surface area contributed by atoms with Crippen LogP contribution in [-0.4, -0.2) is 5.78 Å². The third-order valence-corrected chi connectivity index (χ3v) is 3.69.